The van der Waals surface area contributed by atoms with Gasteiger partial charge in [-0.05, 0) is 19.3 Å². The monoisotopic (exact) mass is 405 g/mol. The van der Waals surface area contributed by atoms with Crippen LogP contribution >= 0.6 is 0 Å². The molecule has 0 aliphatic heterocycles. The average molecular weight is 406 g/mol. The molecule has 1 atom stereocenters. The van der Waals surface area contributed by atoms with E-state index in [-0.39, 0.29) is 0 Å². The number of aromatic amines is 1. The van der Waals surface area contributed by atoms with Crippen LogP contribution in [-0.2, 0) is 6.54 Å². The van der Waals surface area contributed by atoms with Crippen LogP contribution in [0.25, 0.3) is 0 Å². The van der Waals surface area contributed by atoms with Gasteiger partial charge in [0.25, 0.3) is 5.82 Å². The molecule has 0 aromatic carbocycles. The van der Waals surface area contributed by atoms with Crippen LogP contribution in [0.2, 0.25) is 0 Å². The molecule has 2 nitrogen and oxygen atoms in total. The number of aromatic nitrogens is 2. The minimum absolute atomic E-state index is 0.733. The zero-order valence-electron chi connectivity index (χ0n) is 20.3. The number of hydrogen-bond donors (Lipinski definition) is 1. The number of aryl methyl sites for hydroxylation is 1. The Morgan fingerprint density at radius 2 is 1.07 bits per heavy atom. The van der Waals surface area contributed by atoms with E-state index >= 15 is 0 Å². The molecule has 0 aliphatic rings. The Bertz CT molecular complexity index is 451. The zero-order valence-corrected chi connectivity index (χ0v) is 20.3. The molecule has 0 fully saturated rings. The number of H-pyrrole nitrogens is 1. The predicted molar refractivity (Wildman–Crippen MR) is 128 cm³/mol. The average Bonchev–Trinajstić information content (AvgIpc) is 3.18. The standard InChI is InChI=1S/C27H52N2/c1-4-7-9-11-12-13-14-15-16-18-20-22-26(21-19-17-10-8-5-2)27-28-23-25-29(27)24-6-3/h23,25-26H,4-22,24H2,1-3H3/p+1/t26-/m0/s1. The van der Waals surface area contributed by atoms with Gasteiger partial charge in [0.2, 0.25) is 0 Å². The summed E-state index contributed by atoms with van der Waals surface area (Å²) in [5.74, 6) is 2.23. The van der Waals surface area contributed by atoms with Crippen LogP contribution in [0.5, 0.6) is 0 Å². The van der Waals surface area contributed by atoms with Crippen LogP contribution in [0.1, 0.15) is 155 Å². The maximum atomic E-state index is 3.60. The van der Waals surface area contributed by atoms with Crippen LogP contribution in [0.3, 0.4) is 0 Å². The number of unbranched alkanes of at least 4 members (excludes halogenated alkanes) is 14. The molecular formula is C27H53N2+. The van der Waals surface area contributed by atoms with Crippen LogP contribution in [0, 0.1) is 0 Å². The lowest BCUT2D eigenvalue weighted by molar-refractivity contribution is -0.704. The van der Waals surface area contributed by atoms with Gasteiger partial charge >= 0.3 is 0 Å². The molecule has 0 radical (unpaired) electrons. The molecule has 0 aliphatic carbocycles. The minimum Gasteiger partial charge on any atom is -0.247 e. The lowest BCUT2D eigenvalue weighted by Gasteiger charge is -2.14. The summed E-state index contributed by atoms with van der Waals surface area (Å²) in [5, 5.41) is 0. The highest BCUT2D eigenvalue weighted by atomic mass is 15.1. The topological polar surface area (TPSA) is 19.7 Å². The quantitative estimate of drug-likeness (QED) is 0.156. The second-order valence-corrected chi connectivity index (χ2v) is 9.26. The number of nitrogens with zero attached hydrogens (tertiary/aromatic N) is 1. The van der Waals surface area contributed by atoms with Crippen LogP contribution in [-0.4, -0.2) is 4.98 Å². The molecule has 29 heavy (non-hydrogen) atoms. The summed E-state index contributed by atoms with van der Waals surface area (Å²) in [4.78, 5) is 3.60. The Kier molecular flexibility index (Phi) is 17.4. The molecule has 0 saturated heterocycles. The number of rotatable bonds is 21. The van der Waals surface area contributed by atoms with Crippen molar-refractivity contribution in [2.24, 2.45) is 0 Å². The maximum absolute atomic E-state index is 3.60. The highest BCUT2D eigenvalue weighted by Crippen LogP contribution is 2.26. The normalized spacial score (nSPS) is 12.5. The van der Waals surface area contributed by atoms with Crippen molar-refractivity contribution in [2.45, 2.75) is 155 Å². The smallest absolute Gasteiger partial charge is 0.247 e. The van der Waals surface area contributed by atoms with Crippen molar-refractivity contribution >= 4 is 0 Å². The molecule has 0 saturated carbocycles. The van der Waals surface area contributed by atoms with Crippen molar-refractivity contribution in [3.63, 3.8) is 0 Å². The third kappa shape index (κ3) is 13.2. The first-order valence-corrected chi connectivity index (χ1v) is 13.4. The summed E-state index contributed by atoms with van der Waals surface area (Å²) in [5.41, 5.74) is 0. The molecule has 1 heterocycles. The van der Waals surface area contributed by atoms with Gasteiger partial charge in [0.1, 0.15) is 12.4 Å². The van der Waals surface area contributed by atoms with Crippen molar-refractivity contribution in [1.29, 1.82) is 0 Å². The van der Waals surface area contributed by atoms with E-state index in [4.69, 9.17) is 0 Å². The van der Waals surface area contributed by atoms with Gasteiger partial charge in [-0.2, -0.15) is 0 Å². The molecule has 1 aromatic heterocycles. The third-order valence-electron chi connectivity index (χ3n) is 6.46. The Morgan fingerprint density at radius 1 is 0.621 bits per heavy atom. The second-order valence-electron chi connectivity index (χ2n) is 9.26. The predicted octanol–water partition coefficient (Wildman–Crippen LogP) is 8.86. The first-order chi connectivity index (χ1) is 14.3. The fourth-order valence-electron chi connectivity index (χ4n) is 4.63. The van der Waals surface area contributed by atoms with E-state index in [0.29, 0.717) is 0 Å². The summed E-state index contributed by atoms with van der Waals surface area (Å²) >= 11 is 0. The van der Waals surface area contributed by atoms with E-state index in [1.807, 2.05) is 0 Å². The summed E-state index contributed by atoms with van der Waals surface area (Å²) < 4.78 is 2.48. The van der Waals surface area contributed by atoms with Crippen LogP contribution < -0.4 is 4.57 Å². The first-order valence-electron chi connectivity index (χ1n) is 13.4. The van der Waals surface area contributed by atoms with Gasteiger partial charge in [-0.25, -0.2) is 9.55 Å². The summed E-state index contributed by atoms with van der Waals surface area (Å²) in [6.45, 7) is 8.05. The van der Waals surface area contributed by atoms with Gasteiger partial charge in [0.15, 0.2) is 0 Å². The van der Waals surface area contributed by atoms with Gasteiger partial charge in [-0.15, -0.1) is 0 Å². The Hall–Kier alpha value is -0.790. The minimum atomic E-state index is 0.733. The molecule has 0 amide bonds. The third-order valence-corrected chi connectivity index (χ3v) is 6.46. The van der Waals surface area contributed by atoms with E-state index in [0.717, 1.165) is 12.5 Å². The van der Waals surface area contributed by atoms with E-state index < -0.39 is 0 Å². The number of hydrogen-bond acceptors (Lipinski definition) is 0. The molecular weight excluding hydrogens is 352 g/mol. The second kappa shape index (κ2) is 19.2. The molecule has 170 valence electrons. The fourth-order valence-corrected chi connectivity index (χ4v) is 4.63. The van der Waals surface area contributed by atoms with Crippen molar-refractivity contribution in [2.75, 3.05) is 0 Å². The van der Waals surface area contributed by atoms with Crippen LogP contribution in [0.15, 0.2) is 12.4 Å². The van der Waals surface area contributed by atoms with Crippen LogP contribution in [0.4, 0.5) is 0 Å². The van der Waals surface area contributed by atoms with Crippen molar-refractivity contribution < 1.29 is 4.57 Å². The Labute approximate surface area is 183 Å². The molecule has 0 unspecified atom stereocenters. The van der Waals surface area contributed by atoms with Gasteiger partial charge in [0, 0.05) is 0 Å². The summed E-state index contributed by atoms with van der Waals surface area (Å²) in [6, 6.07) is 0. The van der Waals surface area contributed by atoms with Gasteiger partial charge in [-0.3, -0.25) is 0 Å². The molecule has 0 bridgehead atoms. The molecule has 1 aromatic rings. The van der Waals surface area contributed by atoms with Gasteiger partial charge in [-0.1, -0.05) is 124 Å². The van der Waals surface area contributed by atoms with Crippen molar-refractivity contribution in [3.05, 3.63) is 18.2 Å². The lowest BCUT2D eigenvalue weighted by Crippen LogP contribution is -2.37. The van der Waals surface area contributed by atoms with Crippen molar-refractivity contribution in [3.8, 4) is 0 Å². The number of nitrogens with one attached hydrogen (secondary N) is 1. The zero-order chi connectivity index (χ0) is 21.0. The fraction of sp³-hybridized carbons (Fsp3) is 0.889. The Balaban J connectivity index is 2.24. The highest BCUT2D eigenvalue weighted by molar-refractivity contribution is 4.90. The lowest BCUT2D eigenvalue weighted by atomic mass is 9.93. The Morgan fingerprint density at radius 3 is 1.52 bits per heavy atom. The number of imidazole rings is 1. The van der Waals surface area contributed by atoms with E-state index in [1.165, 1.54) is 128 Å². The van der Waals surface area contributed by atoms with E-state index in [2.05, 4.69) is 42.7 Å². The summed E-state index contributed by atoms with van der Waals surface area (Å²) in [6.07, 6.45) is 31.1. The van der Waals surface area contributed by atoms with E-state index in [1.54, 1.807) is 0 Å². The summed E-state index contributed by atoms with van der Waals surface area (Å²) in [7, 11) is 0. The van der Waals surface area contributed by atoms with Gasteiger partial charge < -0.3 is 0 Å². The highest BCUT2D eigenvalue weighted by Gasteiger charge is 2.22. The SMILES string of the molecule is CCCCCCCCCCCCC[C@H](CCCCCCC)c1[nH]cc[n+]1CCC. The van der Waals surface area contributed by atoms with E-state index in [9.17, 15) is 0 Å². The molecule has 0 spiro atoms. The molecule has 2 heteroatoms. The van der Waals surface area contributed by atoms with Gasteiger partial charge in [0.05, 0.1) is 12.5 Å². The molecule has 1 rings (SSSR count). The molecule has 1 N–H and O–H groups in total. The van der Waals surface area contributed by atoms with Crippen molar-refractivity contribution in [1.82, 2.24) is 4.98 Å². The maximum Gasteiger partial charge on any atom is 0.257 e. The largest absolute Gasteiger partial charge is 0.257 e. The first kappa shape index (κ1) is 26.2.